The number of rotatable bonds is 12. The highest BCUT2D eigenvalue weighted by molar-refractivity contribution is 7.19. The zero-order valence-corrected chi connectivity index (χ0v) is 31.1. The van der Waals surface area contributed by atoms with Crippen LogP contribution in [0.3, 0.4) is 0 Å². The number of amides is 2. The summed E-state index contributed by atoms with van der Waals surface area (Å²) in [7, 11) is 1.98. The minimum absolute atomic E-state index is 0.0482. The van der Waals surface area contributed by atoms with E-state index >= 15 is 0 Å². The number of carbonyl (C=O) groups is 3. The van der Waals surface area contributed by atoms with Crippen molar-refractivity contribution < 1.29 is 66.1 Å². The fourth-order valence-electron chi connectivity index (χ4n) is 5.24. The van der Waals surface area contributed by atoms with E-state index < -0.39 is 24.3 Å². The first-order valence-electron chi connectivity index (χ1n) is 17.2. The van der Waals surface area contributed by atoms with Crippen molar-refractivity contribution in [3.63, 3.8) is 0 Å². The molecule has 0 bridgehead atoms. The van der Waals surface area contributed by atoms with Crippen LogP contribution in [0.25, 0.3) is 38.0 Å². The molecule has 0 spiro atoms. The molecular formula is C37H37F6N7O6S. The number of ether oxygens (including phenoxy) is 1. The van der Waals surface area contributed by atoms with E-state index in [1.54, 1.807) is 16.2 Å². The van der Waals surface area contributed by atoms with Crippen molar-refractivity contribution in [2.75, 3.05) is 32.8 Å². The lowest BCUT2D eigenvalue weighted by atomic mass is 10.1. The third-order valence-corrected chi connectivity index (χ3v) is 9.19. The molecule has 1 aliphatic heterocycles. The molecule has 3 heterocycles. The number of halogens is 6. The summed E-state index contributed by atoms with van der Waals surface area (Å²) in [5.41, 5.74) is 10.1. The van der Waals surface area contributed by atoms with Crippen LogP contribution in [0.15, 0.2) is 85.1 Å². The number of nitrogens with zero attached hydrogens (tertiary/aromatic N) is 5. The second-order valence-electron chi connectivity index (χ2n) is 12.1. The van der Waals surface area contributed by atoms with Crippen LogP contribution in [0.1, 0.15) is 18.5 Å². The molecule has 304 valence electrons. The van der Waals surface area contributed by atoms with E-state index in [1.165, 1.54) is 5.69 Å². The van der Waals surface area contributed by atoms with E-state index in [4.69, 9.17) is 34.7 Å². The summed E-state index contributed by atoms with van der Waals surface area (Å²) in [6.07, 6.45) is -5.18. The molecule has 13 nitrogen and oxygen atoms in total. The van der Waals surface area contributed by atoms with Crippen LogP contribution in [-0.2, 0) is 23.1 Å². The van der Waals surface area contributed by atoms with Gasteiger partial charge in [-0.15, -0.1) is 20.7 Å². The lowest BCUT2D eigenvalue weighted by Gasteiger charge is -2.16. The Hall–Kier alpha value is -6.02. The van der Waals surface area contributed by atoms with Gasteiger partial charge in [0, 0.05) is 31.1 Å². The lowest BCUT2D eigenvalue weighted by Crippen LogP contribution is -2.50. The molecule has 1 saturated heterocycles. The number of urea groups is 1. The van der Waals surface area contributed by atoms with Crippen LogP contribution in [0, 0.1) is 0 Å². The number of benzene rings is 3. The average Bonchev–Trinajstić information content (AvgIpc) is 3.90. The monoisotopic (exact) mass is 821 g/mol. The molecule has 4 N–H and O–H groups in total. The second kappa shape index (κ2) is 19.7. The molecule has 0 radical (unpaired) electrons. The summed E-state index contributed by atoms with van der Waals surface area (Å²) >= 11 is 1.66. The standard InChI is InChI=1S/C33H35N7O2S.2C2HF3O2/c1-38-27(14-8-9-17-34)23-40(37-38)26-15-16-28(29(22-26)42-21-20-39-19-18-35-33(39)41)32-36-30(24-10-4-2-5-11-24)31(43-32)25-12-6-3-7-13-25;2*3-2(4,5)1(6)7/h2-7,10-13,15-16,22-23H,8-9,14,17-21,34H2,1H3;2*(H,6,7). The second-order valence-corrected chi connectivity index (χ2v) is 13.1. The van der Waals surface area contributed by atoms with Crippen LogP contribution < -0.4 is 30.7 Å². The molecule has 0 atom stereocenters. The van der Waals surface area contributed by atoms with Gasteiger partial charge in [-0.3, -0.25) is 0 Å². The normalized spacial score (nSPS) is 12.6. The number of quaternary nitrogens is 1. The minimum Gasteiger partial charge on any atom is -0.542 e. The number of hydrogen-bond donors (Lipinski definition) is 2. The van der Waals surface area contributed by atoms with Crippen LogP contribution in [0.4, 0.5) is 31.1 Å². The number of hydrogen-bond acceptors (Lipinski definition) is 9. The van der Waals surface area contributed by atoms with Gasteiger partial charge in [-0.1, -0.05) is 60.7 Å². The van der Waals surface area contributed by atoms with Gasteiger partial charge in [0.25, 0.3) is 0 Å². The van der Waals surface area contributed by atoms with Gasteiger partial charge in [-0.05, 0) is 30.5 Å². The van der Waals surface area contributed by atoms with Crippen LogP contribution in [-0.4, -0.2) is 82.9 Å². The highest BCUT2D eigenvalue weighted by Gasteiger charge is 2.29. The smallest absolute Gasteiger partial charge is 0.430 e. The Morgan fingerprint density at radius 3 is 2.07 bits per heavy atom. The van der Waals surface area contributed by atoms with E-state index in [1.807, 2.05) is 46.7 Å². The number of carboxylic acids is 2. The summed E-state index contributed by atoms with van der Waals surface area (Å²) in [5.74, 6) is -5.30. The molecular weight excluding hydrogens is 785 g/mol. The largest absolute Gasteiger partial charge is 0.542 e. The number of aryl methyl sites for hydroxylation is 2. The van der Waals surface area contributed by atoms with Gasteiger partial charge in [-0.25, -0.2) is 9.78 Å². The number of aliphatic carboxylic acids is 2. The number of carboxylic acid groups (broad SMARTS) is 2. The number of carbonyl (C=O) groups excluding carboxylic acids is 3. The topological polar surface area (TPSA) is 184 Å². The summed E-state index contributed by atoms with van der Waals surface area (Å²) in [5, 5.41) is 26.0. The SMILES string of the molecule is Cn1n[n+](-c2ccc(-c3nc(-c4ccccc4)c(-c4ccccc4)s3)c(OCCN3CCNC3=O)c2)cc1CCCC[NH3+].O=C([O-])C(F)(F)F.O=C([O-])C(F)(F)F. The summed E-state index contributed by atoms with van der Waals surface area (Å²) in [6, 6.07) is 26.8. The molecule has 20 heteroatoms. The van der Waals surface area contributed by atoms with Gasteiger partial charge in [0.15, 0.2) is 17.6 Å². The van der Waals surface area contributed by atoms with E-state index in [9.17, 15) is 31.1 Å². The lowest BCUT2D eigenvalue weighted by molar-refractivity contribution is -0.661. The first kappa shape index (κ1) is 43.7. The van der Waals surface area contributed by atoms with Crippen molar-refractivity contribution in [2.24, 2.45) is 7.05 Å². The first-order valence-corrected chi connectivity index (χ1v) is 18.0. The van der Waals surface area contributed by atoms with Gasteiger partial charge in [0.2, 0.25) is 0 Å². The third-order valence-electron chi connectivity index (χ3n) is 8.05. The number of thiazole rings is 1. The van der Waals surface area contributed by atoms with Gasteiger partial charge in [0.1, 0.15) is 36.4 Å². The van der Waals surface area contributed by atoms with E-state index in [2.05, 4.69) is 65.8 Å². The molecule has 0 aliphatic carbocycles. The number of unbranched alkanes of at least 4 members (excludes halogenated alkanes) is 1. The zero-order chi connectivity index (χ0) is 41.8. The van der Waals surface area contributed by atoms with Gasteiger partial charge in [-0.2, -0.15) is 26.3 Å². The Balaban J connectivity index is 0.000000440. The fraction of sp³-hybridized carbons (Fsp3) is 0.297. The molecule has 5 aromatic rings. The molecule has 2 aromatic heterocycles. The molecule has 0 unspecified atom stereocenters. The van der Waals surface area contributed by atoms with Crippen molar-refractivity contribution in [3.05, 3.63) is 90.8 Å². The predicted octanol–water partition coefficient (Wildman–Crippen LogP) is 2.72. The molecule has 0 saturated carbocycles. The van der Waals surface area contributed by atoms with Crippen molar-refractivity contribution in [1.29, 1.82) is 0 Å². The average molecular weight is 822 g/mol. The maximum Gasteiger partial charge on any atom is 0.430 e. The van der Waals surface area contributed by atoms with Crippen LogP contribution in [0.2, 0.25) is 0 Å². The minimum atomic E-state index is -5.19. The maximum atomic E-state index is 12.1. The highest BCUT2D eigenvalue weighted by Crippen LogP contribution is 2.43. The maximum absolute atomic E-state index is 12.1. The Labute approximate surface area is 325 Å². The third kappa shape index (κ3) is 12.5. The quantitative estimate of drug-likeness (QED) is 0.109. The summed E-state index contributed by atoms with van der Waals surface area (Å²) in [4.78, 5) is 37.8. The number of alkyl halides is 6. The Kier molecular flexibility index (Phi) is 15.1. The van der Waals surface area contributed by atoms with E-state index in [0.29, 0.717) is 32.0 Å². The Bertz CT molecular complexity index is 2030. The van der Waals surface area contributed by atoms with Crippen LogP contribution in [0.5, 0.6) is 5.75 Å². The van der Waals surface area contributed by atoms with Crippen molar-refractivity contribution in [2.45, 2.75) is 31.6 Å². The van der Waals surface area contributed by atoms with Gasteiger partial charge >= 0.3 is 18.4 Å². The molecule has 1 fully saturated rings. The van der Waals surface area contributed by atoms with Crippen LogP contribution >= 0.6 is 11.3 Å². The highest BCUT2D eigenvalue weighted by atomic mass is 32.1. The summed E-state index contributed by atoms with van der Waals surface area (Å²) in [6.45, 7) is 3.16. The van der Waals surface area contributed by atoms with Gasteiger partial charge < -0.3 is 40.5 Å². The van der Waals surface area contributed by atoms with Gasteiger partial charge in [0.05, 0.1) is 34.4 Å². The molecule has 3 aromatic carbocycles. The number of nitrogens with one attached hydrogen (secondary N) is 1. The predicted molar refractivity (Wildman–Crippen MR) is 190 cm³/mol. The van der Waals surface area contributed by atoms with E-state index in [-0.39, 0.29) is 6.03 Å². The molecule has 57 heavy (non-hydrogen) atoms. The molecule has 6 rings (SSSR count). The fourth-order valence-corrected chi connectivity index (χ4v) is 6.36. The van der Waals surface area contributed by atoms with E-state index in [0.717, 1.165) is 63.8 Å². The van der Waals surface area contributed by atoms with Crippen molar-refractivity contribution >= 4 is 29.3 Å². The Morgan fingerprint density at radius 1 is 0.930 bits per heavy atom. The zero-order valence-electron chi connectivity index (χ0n) is 30.3. The molecule has 1 aliphatic rings. The summed E-state index contributed by atoms with van der Waals surface area (Å²) < 4.78 is 73.4. The number of aromatic nitrogens is 4. The van der Waals surface area contributed by atoms with Crippen molar-refractivity contribution in [3.8, 4) is 43.7 Å². The first-order chi connectivity index (χ1) is 27.0. The van der Waals surface area contributed by atoms with Crippen molar-refractivity contribution in [1.82, 2.24) is 25.1 Å². The molecule has 2 amide bonds. The Morgan fingerprint density at radius 2 is 1.53 bits per heavy atom.